The number of likely N-dealkylation sites (tertiary alicyclic amines) is 1. The van der Waals surface area contributed by atoms with Gasteiger partial charge < -0.3 is 15.1 Å². The van der Waals surface area contributed by atoms with Crippen LogP contribution in [0.15, 0.2) is 48.9 Å². The predicted molar refractivity (Wildman–Crippen MR) is 152 cm³/mol. The van der Waals surface area contributed by atoms with E-state index in [1.165, 1.54) is 12.8 Å². The monoisotopic (exact) mass is 540 g/mol. The molecule has 2 amide bonds. The molecule has 0 bridgehead atoms. The number of nitriles is 1. The molecule has 1 N–H and O–H groups in total. The molecule has 1 aliphatic carbocycles. The van der Waals surface area contributed by atoms with Crippen molar-refractivity contribution in [3.8, 4) is 17.3 Å². The van der Waals surface area contributed by atoms with Gasteiger partial charge in [0.2, 0.25) is 11.9 Å². The van der Waals surface area contributed by atoms with Crippen molar-refractivity contribution < 1.29 is 9.59 Å². The summed E-state index contributed by atoms with van der Waals surface area (Å²) < 4.78 is 1.93. The predicted octanol–water partition coefficient (Wildman–Crippen LogP) is 4.67. The minimum Gasteiger partial charge on any atom is -0.349 e. The normalized spacial score (nSPS) is 16.9. The average molecular weight is 541 g/mol. The van der Waals surface area contributed by atoms with Crippen LogP contribution in [0.1, 0.15) is 61.3 Å². The zero-order valence-electron chi connectivity index (χ0n) is 23.2. The number of carbonyl (C=O) groups excluding carboxylic acids is 2. The molecule has 0 radical (unpaired) electrons. The van der Waals surface area contributed by atoms with E-state index in [0.29, 0.717) is 49.8 Å². The van der Waals surface area contributed by atoms with E-state index < -0.39 is 0 Å². The highest BCUT2D eigenvalue weighted by molar-refractivity contribution is 5.94. The standard InChI is InChI=1S/C30H36N8O2/c1-36(2)28(39)23-13-17-37(18-14-23)29(40)22-7-9-25(10-8-22)34-30-32-16-12-26(35-30)24-19-33-38(20-24)27(11-15-31)21-5-3-4-6-21/h7-10,12,16,19-21,23,27H,3-6,11,13-14,17-18H2,1-2H3,(H,32,34,35). The van der Waals surface area contributed by atoms with E-state index >= 15 is 0 Å². The van der Waals surface area contributed by atoms with Gasteiger partial charge in [0.1, 0.15) is 0 Å². The van der Waals surface area contributed by atoms with E-state index in [-0.39, 0.29) is 23.8 Å². The molecule has 3 aromatic rings. The van der Waals surface area contributed by atoms with Gasteiger partial charge in [-0.25, -0.2) is 9.97 Å². The second-order valence-corrected chi connectivity index (χ2v) is 11.0. The van der Waals surface area contributed by atoms with Crippen LogP contribution in [0.3, 0.4) is 0 Å². The van der Waals surface area contributed by atoms with Gasteiger partial charge in [0.05, 0.1) is 30.4 Å². The first-order valence-corrected chi connectivity index (χ1v) is 14.0. The van der Waals surface area contributed by atoms with E-state index in [0.717, 1.165) is 29.8 Å². The molecule has 40 heavy (non-hydrogen) atoms. The van der Waals surface area contributed by atoms with Gasteiger partial charge in [0, 0.05) is 62.3 Å². The lowest BCUT2D eigenvalue weighted by molar-refractivity contribution is -0.134. The van der Waals surface area contributed by atoms with Crippen LogP contribution in [0.4, 0.5) is 11.6 Å². The number of piperidine rings is 1. The number of carbonyl (C=O) groups is 2. The van der Waals surface area contributed by atoms with Crippen LogP contribution in [0.25, 0.3) is 11.3 Å². The maximum atomic E-state index is 13.0. The summed E-state index contributed by atoms with van der Waals surface area (Å²) in [6, 6.07) is 11.6. The first-order valence-electron chi connectivity index (χ1n) is 14.0. The van der Waals surface area contributed by atoms with Crippen molar-refractivity contribution in [2.24, 2.45) is 11.8 Å². The summed E-state index contributed by atoms with van der Waals surface area (Å²) in [5.41, 5.74) is 3.01. The van der Waals surface area contributed by atoms with Crippen molar-refractivity contribution in [2.75, 3.05) is 32.5 Å². The fourth-order valence-corrected chi connectivity index (χ4v) is 5.85. The van der Waals surface area contributed by atoms with Crippen LogP contribution in [-0.2, 0) is 4.79 Å². The van der Waals surface area contributed by atoms with Gasteiger partial charge in [-0.3, -0.25) is 14.3 Å². The number of amides is 2. The van der Waals surface area contributed by atoms with E-state index in [2.05, 4.69) is 26.5 Å². The van der Waals surface area contributed by atoms with E-state index in [1.807, 2.05) is 34.0 Å². The quantitative estimate of drug-likeness (QED) is 0.441. The first kappa shape index (κ1) is 27.3. The summed E-state index contributed by atoms with van der Waals surface area (Å²) in [7, 11) is 3.55. The summed E-state index contributed by atoms with van der Waals surface area (Å²) in [4.78, 5) is 37.7. The highest BCUT2D eigenvalue weighted by atomic mass is 16.2. The molecule has 208 valence electrons. The minimum atomic E-state index is -0.0233. The molecule has 1 atom stereocenters. The SMILES string of the molecule is CN(C)C(=O)C1CCN(C(=O)c2ccc(Nc3nccc(-c4cnn(C(CC#N)C5CCCC5)c4)n3)cc2)CC1. The molecule has 10 nitrogen and oxygen atoms in total. The van der Waals surface area contributed by atoms with Gasteiger partial charge >= 0.3 is 0 Å². The lowest BCUT2D eigenvalue weighted by Crippen LogP contribution is -2.42. The molecule has 1 unspecified atom stereocenters. The molecule has 2 aliphatic rings. The van der Waals surface area contributed by atoms with Crippen LogP contribution in [-0.4, -0.2) is 68.5 Å². The topological polar surface area (TPSA) is 120 Å². The number of hydrogen-bond acceptors (Lipinski definition) is 7. The third kappa shape index (κ3) is 6.14. The number of nitrogens with one attached hydrogen (secondary N) is 1. The number of anilines is 2. The molecule has 1 aliphatic heterocycles. The molecule has 10 heteroatoms. The number of aromatic nitrogens is 4. The molecule has 0 spiro atoms. The zero-order valence-corrected chi connectivity index (χ0v) is 23.2. The Kier molecular flexibility index (Phi) is 8.39. The Hall–Kier alpha value is -4.26. The van der Waals surface area contributed by atoms with Crippen molar-refractivity contribution in [3.63, 3.8) is 0 Å². The average Bonchev–Trinajstić information content (AvgIpc) is 3.69. The largest absolute Gasteiger partial charge is 0.349 e. The van der Waals surface area contributed by atoms with E-state index in [9.17, 15) is 14.9 Å². The number of nitrogens with zero attached hydrogens (tertiary/aromatic N) is 7. The van der Waals surface area contributed by atoms with Crippen LogP contribution in [0, 0.1) is 23.2 Å². The minimum absolute atomic E-state index is 0.0120. The molecule has 5 rings (SSSR count). The molecule has 2 aromatic heterocycles. The molecule has 3 heterocycles. The summed E-state index contributed by atoms with van der Waals surface area (Å²) >= 11 is 0. The van der Waals surface area contributed by atoms with Gasteiger partial charge in [-0.2, -0.15) is 10.4 Å². The van der Waals surface area contributed by atoms with Crippen molar-refractivity contribution in [3.05, 3.63) is 54.5 Å². The highest BCUT2D eigenvalue weighted by Gasteiger charge is 2.29. The Bertz CT molecular complexity index is 1360. The van der Waals surface area contributed by atoms with E-state index in [1.54, 1.807) is 43.5 Å². The Morgan fingerprint density at radius 3 is 2.50 bits per heavy atom. The zero-order chi connectivity index (χ0) is 28.1. The maximum Gasteiger partial charge on any atom is 0.253 e. The van der Waals surface area contributed by atoms with Crippen molar-refractivity contribution in [1.29, 1.82) is 5.26 Å². The number of hydrogen-bond donors (Lipinski definition) is 1. The molecule has 1 aromatic carbocycles. The molecular weight excluding hydrogens is 504 g/mol. The Labute approximate surface area is 235 Å². The number of rotatable bonds is 8. The van der Waals surface area contributed by atoms with Crippen LogP contribution < -0.4 is 5.32 Å². The summed E-state index contributed by atoms with van der Waals surface area (Å²) in [5.74, 6) is 1.03. The lowest BCUT2D eigenvalue weighted by Gasteiger charge is -2.32. The highest BCUT2D eigenvalue weighted by Crippen LogP contribution is 2.36. The van der Waals surface area contributed by atoms with E-state index in [4.69, 9.17) is 0 Å². The molecule has 1 saturated heterocycles. The Morgan fingerprint density at radius 2 is 1.82 bits per heavy atom. The third-order valence-corrected chi connectivity index (χ3v) is 8.10. The third-order valence-electron chi connectivity index (χ3n) is 8.10. The summed E-state index contributed by atoms with van der Waals surface area (Å²) in [6.07, 6.45) is 12.0. The van der Waals surface area contributed by atoms with Gasteiger partial charge in [0.25, 0.3) is 5.91 Å². The van der Waals surface area contributed by atoms with Gasteiger partial charge in [0.15, 0.2) is 0 Å². The second kappa shape index (κ2) is 12.3. The van der Waals surface area contributed by atoms with Crippen LogP contribution >= 0.6 is 0 Å². The number of benzene rings is 1. The van der Waals surface area contributed by atoms with Crippen molar-refractivity contribution in [1.82, 2.24) is 29.5 Å². The second-order valence-electron chi connectivity index (χ2n) is 11.0. The first-order chi connectivity index (χ1) is 19.4. The summed E-state index contributed by atoms with van der Waals surface area (Å²) in [5, 5.41) is 17.2. The van der Waals surface area contributed by atoms with Gasteiger partial charge in [-0.15, -0.1) is 0 Å². The van der Waals surface area contributed by atoms with Gasteiger partial charge in [-0.1, -0.05) is 12.8 Å². The Morgan fingerprint density at radius 1 is 1.10 bits per heavy atom. The molecular formula is C30H36N8O2. The van der Waals surface area contributed by atoms with Crippen LogP contribution in [0.5, 0.6) is 0 Å². The fraction of sp³-hybridized carbons (Fsp3) is 0.467. The van der Waals surface area contributed by atoms with Crippen molar-refractivity contribution in [2.45, 2.75) is 51.0 Å². The molecule has 1 saturated carbocycles. The van der Waals surface area contributed by atoms with Gasteiger partial charge in [-0.05, 0) is 61.9 Å². The lowest BCUT2D eigenvalue weighted by atomic mass is 9.95. The summed E-state index contributed by atoms with van der Waals surface area (Å²) in [6.45, 7) is 1.16. The maximum absolute atomic E-state index is 13.0. The van der Waals surface area contributed by atoms with Crippen molar-refractivity contribution >= 4 is 23.5 Å². The van der Waals surface area contributed by atoms with Crippen LogP contribution in [0.2, 0.25) is 0 Å². The smallest absolute Gasteiger partial charge is 0.253 e. The Balaban J connectivity index is 1.21. The molecule has 2 fully saturated rings. The fourth-order valence-electron chi connectivity index (χ4n) is 5.85.